The zero-order chi connectivity index (χ0) is 18.3. The second-order valence-electron chi connectivity index (χ2n) is 5.79. The average Bonchev–Trinajstić information content (AvgIpc) is 3.26. The molecule has 134 valence electrons. The summed E-state index contributed by atoms with van der Waals surface area (Å²) in [7, 11) is 0. The van der Waals surface area contributed by atoms with Crippen LogP contribution in [0.25, 0.3) is 10.2 Å². The van der Waals surface area contributed by atoms with Crippen LogP contribution in [0.1, 0.15) is 9.67 Å². The number of aromatic nitrogens is 1. The summed E-state index contributed by atoms with van der Waals surface area (Å²) in [6.45, 7) is 2.65. The molecule has 7 nitrogen and oxygen atoms in total. The minimum atomic E-state index is -0.397. The van der Waals surface area contributed by atoms with Crippen molar-refractivity contribution in [3.8, 4) is 0 Å². The van der Waals surface area contributed by atoms with Gasteiger partial charge in [-0.15, -0.1) is 11.3 Å². The number of benzene rings is 1. The largest absolute Gasteiger partial charge is 0.345 e. The SMILES string of the molecule is O=C(c1ccc(Br)s1)N1CCN(c2nc3ccc([N+](=O)[O-])cc3s2)CC1. The number of amides is 1. The van der Waals surface area contributed by atoms with E-state index in [0.29, 0.717) is 26.2 Å². The van der Waals surface area contributed by atoms with Gasteiger partial charge in [0.05, 0.1) is 23.8 Å². The minimum Gasteiger partial charge on any atom is -0.345 e. The first-order valence-corrected chi connectivity index (χ1v) is 10.3. The van der Waals surface area contributed by atoms with Crippen molar-refractivity contribution in [2.45, 2.75) is 0 Å². The maximum atomic E-state index is 12.5. The van der Waals surface area contributed by atoms with E-state index in [2.05, 4.69) is 25.8 Å². The Labute approximate surface area is 165 Å². The topological polar surface area (TPSA) is 79.6 Å². The quantitative estimate of drug-likeness (QED) is 0.443. The molecule has 0 atom stereocenters. The number of hydrogen-bond donors (Lipinski definition) is 0. The summed E-state index contributed by atoms with van der Waals surface area (Å²) < 4.78 is 1.75. The second-order valence-corrected chi connectivity index (χ2v) is 9.26. The van der Waals surface area contributed by atoms with Crippen molar-refractivity contribution in [1.29, 1.82) is 0 Å². The molecule has 0 unspecified atom stereocenters. The molecule has 1 fully saturated rings. The fraction of sp³-hybridized carbons (Fsp3) is 0.250. The van der Waals surface area contributed by atoms with E-state index >= 15 is 0 Å². The van der Waals surface area contributed by atoms with Crippen LogP contribution >= 0.6 is 38.6 Å². The highest BCUT2D eigenvalue weighted by Gasteiger charge is 2.25. The molecule has 0 radical (unpaired) electrons. The molecule has 0 aliphatic carbocycles. The number of hydrogen-bond acceptors (Lipinski definition) is 7. The van der Waals surface area contributed by atoms with E-state index < -0.39 is 4.92 Å². The molecule has 3 aromatic rings. The smallest absolute Gasteiger partial charge is 0.270 e. The standard InChI is InChI=1S/C16H13BrN4O3S2/c17-14-4-3-12(25-14)15(22)19-5-7-20(8-6-19)16-18-11-2-1-10(21(23)24)9-13(11)26-16/h1-4,9H,5-8H2. The number of nitro groups is 1. The molecule has 4 rings (SSSR count). The third kappa shape index (κ3) is 3.31. The normalized spacial score (nSPS) is 14.8. The van der Waals surface area contributed by atoms with Gasteiger partial charge in [0, 0.05) is 38.3 Å². The number of thiophene rings is 1. The Hall–Kier alpha value is -2.04. The molecule has 0 N–H and O–H groups in total. The highest BCUT2D eigenvalue weighted by molar-refractivity contribution is 9.11. The van der Waals surface area contributed by atoms with Crippen LogP contribution in [0.3, 0.4) is 0 Å². The number of fused-ring (bicyclic) bond motifs is 1. The molecule has 10 heteroatoms. The van der Waals surface area contributed by atoms with Gasteiger partial charge < -0.3 is 9.80 Å². The highest BCUT2D eigenvalue weighted by atomic mass is 79.9. The summed E-state index contributed by atoms with van der Waals surface area (Å²) >= 11 is 6.27. The van der Waals surface area contributed by atoms with Crippen molar-refractivity contribution in [1.82, 2.24) is 9.88 Å². The summed E-state index contributed by atoms with van der Waals surface area (Å²) in [5.74, 6) is 0.0558. The lowest BCUT2D eigenvalue weighted by molar-refractivity contribution is -0.384. The number of carbonyl (C=O) groups excluding carboxylic acids is 1. The molecule has 1 aromatic carbocycles. The van der Waals surface area contributed by atoms with Crippen molar-refractivity contribution in [2.24, 2.45) is 0 Å². The molecule has 3 heterocycles. The molecule has 0 bridgehead atoms. The molecule has 1 amide bonds. The third-order valence-electron chi connectivity index (χ3n) is 4.19. The third-order valence-corrected chi connectivity index (χ3v) is 6.88. The van der Waals surface area contributed by atoms with Gasteiger partial charge in [0.2, 0.25) is 0 Å². The Morgan fingerprint density at radius 3 is 2.58 bits per heavy atom. The van der Waals surface area contributed by atoms with E-state index in [1.165, 1.54) is 28.7 Å². The first-order chi connectivity index (χ1) is 12.5. The van der Waals surface area contributed by atoms with Gasteiger partial charge in [-0.05, 0) is 34.1 Å². The Balaban J connectivity index is 1.47. The summed E-state index contributed by atoms with van der Waals surface area (Å²) in [4.78, 5) is 32.3. The van der Waals surface area contributed by atoms with E-state index in [4.69, 9.17) is 0 Å². The van der Waals surface area contributed by atoms with Gasteiger partial charge >= 0.3 is 0 Å². The summed E-state index contributed by atoms with van der Waals surface area (Å²) in [6.07, 6.45) is 0. The van der Waals surface area contributed by atoms with Crippen molar-refractivity contribution in [3.05, 3.63) is 49.1 Å². The molecule has 1 aliphatic heterocycles. The van der Waals surface area contributed by atoms with Gasteiger partial charge in [0.25, 0.3) is 11.6 Å². The summed E-state index contributed by atoms with van der Waals surface area (Å²) in [6, 6.07) is 8.44. The monoisotopic (exact) mass is 452 g/mol. The van der Waals surface area contributed by atoms with E-state index in [1.807, 2.05) is 17.0 Å². The molecule has 1 aliphatic rings. The first kappa shape index (κ1) is 17.4. The van der Waals surface area contributed by atoms with Crippen LogP contribution in [0, 0.1) is 10.1 Å². The molecule has 2 aromatic heterocycles. The molecule has 0 spiro atoms. The lowest BCUT2D eigenvalue weighted by Crippen LogP contribution is -2.48. The van der Waals surface area contributed by atoms with Gasteiger partial charge in [-0.2, -0.15) is 0 Å². The van der Waals surface area contributed by atoms with Crippen LogP contribution in [0.2, 0.25) is 0 Å². The summed E-state index contributed by atoms with van der Waals surface area (Å²) in [5, 5.41) is 11.8. The second kappa shape index (κ2) is 6.93. The predicted molar refractivity (Wildman–Crippen MR) is 106 cm³/mol. The van der Waals surface area contributed by atoms with Gasteiger partial charge in [0.15, 0.2) is 5.13 Å². The van der Waals surface area contributed by atoms with Crippen LogP contribution < -0.4 is 4.90 Å². The van der Waals surface area contributed by atoms with Gasteiger partial charge in [-0.3, -0.25) is 14.9 Å². The maximum Gasteiger partial charge on any atom is 0.270 e. The van der Waals surface area contributed by atoms with E-state index in [0.717, 1.165) is 24.0 Å². The maximum absolute atomic E-state index is 12.5. The average molecular weight is 453 g/mol. The van der Waals surface area contributed by atoms with Crippen molar-refractivity contribution in [3.63, 3.8) is 0 Å². The zero-order valence-electron chi connectivity index (χ0n) is 13.4. The Bertz CT molecular complexity index is 994. The number of halogens is 1. The van der Waals surface area contributed by atoms with Crippen LogP contribution in [0.15, 0.2) is 34.1 Å². The van der Waals surface area contributed by atoms with Crippen molar-refractivity contribution >= 4 is 65.5 Å². The molecule has 26 heavy (non-hydrogen) atoms. The Morgan fingerprint density at radius 1 is 1.15 bits per heavy atom. The van der Waals surface area contributed by atoms with Crippen LogP contribution in [-0.2, 0) is 0 Å². The lowest BCUT2D eigenvalue weighted by Gasteiger charge is -2.34. The van der Waals surface area contributed by atoms with E-state index in [1.54, 1.807) is 12.1 Å². The fourth-order valence-corrected chi connectivity index (χ4v) is 5.24. The number of non-ortho nitro benzene ring substituents is 1. The number of nitrogens with zero attached hydrogens (tertiary/aromatic N) is 4. The fourth-order valence-electron chi connectivity index (χ4n) is 2.84. The number of anilines is 1. The highest BCUT2D eigenvalue weighted by Crippen LogP contribution is 2.32. The molecule has 1 saturated heterocycles. The van der Waals surface area contributed by atoms with Gasteiger partial charge in [0.1, 0.15) is 0 Å². The number of piperazine rings is 1. The van der Waals surface area contributed by atoms with Crippen LogP contribution in [0.5, 0.6) is 0 Å². The lowest BCUT2D eigenvalue weighted by atomic mass is 10.3. The number of carbonyl (C=O) groups is 1. The molecular formula is C16H13BrN4O3S2. The molecular weight excluding hydrogens is 440 g/mol. The van der Waals surface area contributed by atoms with E-state index in [-0.39, 0.29) is 11.6 Å². The van der Waals surface area contributed by atoms with Crippen LogP contribution in [-0.4, -0.2) is 46.9 Å². The van der Waals surface area contributed by atoms with Gasteiger partial charge in [-0.25, -0.2) is 4.98 Å². The van der Waals surface area contributed by atoms with Crippen LogP contribution in [0.4, 0.5) is 10.8 Å². The Kier molecular flexibility index (Phi) is 4.63. The molecule has 0 saturated carbocycles. The predicted octanol–water partition coefficient (Wildman–Crippen LogP) is 3.99. The van der Waals surface area contributed by atoms with Crippen molar-refractivity contribution in [2.75, 3.05) is 31.1 Å². The van der Waals surface area contributed by atoms with Crippen molar-refractivity contribution < 1.29 is 9.72 Å². The van der Waals surface area contributed by atoms with E-state index in [9.17, 15) is 14.9 Å². The minimum absolute atomic E-state index is 0.0558. The Morgan fingerprint density at radius 2 is 1.92 bits per heavy atom. The number of rotatable bonds is 3. The zero-order valence-corrected chi connectivity index (χ0v) is 16.6. The number of nitro benzene ring substituents is 1. The first-order valence-electron chi connectivity index (χ1n) is 7.86. The van der Waals surface area contributed by atoms with Gasteiger partial charge in [-0.1, -0.05) is 11.3 Å². The number of thiazole rings is 1. The summed E-state index contributed by atoms with van der Waals surface area (Å²) in [5.41, 5.74) is 0.836.